The molecule has 0 unspecified atom stereocenters. The van der Waals surface area contributed by atoms with Crippen LogP contribution in [0.3, 0.4) is 0 Å². The minimum absolute atomic E-state index is 0.0541. The lowest BCUT2D eigenvalue weighted by Crippen LogP contribution is -2.15. The molecule has 6 heteroatoms. The Bertz CT molecular complexity index is 1060. The Morgan fingerprint density at radius 1 is 1.23 bits per heavy atom. The second-order valence-corrected chi connectivity index (χ2v) is 7.51. The van der Waals surface area contributed by atoms with E-state index in [9.17, 15) is 4.79 Å². The van der Waals surface area contributed by atoms with Gasteiger partial charge in [0, 0.05) is 48.9 Å². The molecule has 3 heterocycles. The van der Waals surface area contributed by atoms with Crippen molar-refractivity contribution in [1.29, 1.82) is 0 Å². The Labute approximate surface area is 176 Å². The first-order valence-corrected chi connectivity index (χ1v) is 10.2. The second-order valence-electron chi connectivity index (χ2n) is 7.51. The van der Waals surface area contributed by atoms with Crippen molar-refractivity contribution >= 4 is 11.5 Å². The van der Waals surface area contributed by atoms with Crippen LogP contribution in [0.2, 0.25) is 0 Å². The molecule has 3 aromatic rings. The molecule has 6 nitrogen and oxygen atoms in total. The van der Waals surface area contributed by atoms with Crippen LogP contribution in [0.5, 0.6) is 0 Å². The van der Waals surface area contributed by atoms with Gasteiger partial charge in [-0.3, -0.25) is 14.8 Å². The number of benzene rings is 1. The molecule has 0 saturated heterocycles. The van der Waals surface area contributed by atoms with Crippen molar-refractivity contribution < 1.29 is 14.1 Å². The molecule has 0 N–H and O–H groups in total. The molecule has 2 aromatic heterocycles. The topological polar surface area (TPSA) is 77.6 Å². The summed E-state index contributed by atoms with van der Waals surface area (Å²) in [6.45, 7) is 5.57. The van der Waals surface area contributed by atoms with Gasteiger partial charge in [-0.25, -0.2) is 0 Å². The Morgan fingerprint density at radius 3 is 2.80 bits per heavy atom. The van der Waals surface area contributed by atoms with E-state index in [-0.39, 0.29) is 11.7 Å². The summed E-state index contributed by atoms with van der Waals surface area (Å²) in [5.41, 5.74) is 5.44. The third-order valence-corrected chi connectivity index (χ3v) is 5.23. The fourth-order valence-corrected chi connectivity index (χ4v) is 3.74. The minimum atomic E-state index is 0.0541. The number of Topliss-reactive ketones (excluding diaryl/α,β-unsaturated/α-hetero) is 1. The van der Waals surface area contributed by atoms with Gasteiger partial charge in [0.05, 0.1) is 18.9 Å². The molecule has 4 rings (SSSR count). The number of carbonyl (C=O) groups excluding carboxylic acids is 1. The third-order valence-electron chi connectivity index (χ3n) is 5.23. The summed E-state index contributed by atoms with van der Waals surface area (Å²) >= 11 is 0. The predicted octanol–water partition coefficient (Wildman–Crippen LogP) is 4.05. The Balaban J connectivity index is 1.44. The number of aromatic nitrogens is 2. The smallest absolute Gasteiger partial charge is 0.139 e. The van der Waals surface area contributed by atoms with Crippen molar-refractivity contribution in [3.63, 3.8) is 0 Å². The maximum Gasteiger partial charge on any atom is 0.139 e. The number of aryl methyl sites for hydroxylation is 1. The number of ether oxygens (including phenoxy) is 1. The lowest BCUT2D eigenvalue weighted by molar-refractivity contribution is -0.119. The summed E-state index contributed by atoms with van der Waals surface area (Å²) in [4.78, 5) is 21.9. The average Bonchev–Trinajstić information content (AvgIpc) is 3.37. The van der Waals surface area contributed by atoms with Crippen LogP contribution >= 0.6 is 0 Å². The van der Waals surface area contributed by atoms with Gasteiger partial charge in [0.1, 0.15) is 17.2 Å². The highest BCUT2D eigenvalue weighted by Gasteiger charge is 2.22. The van der Waals surface area contributed by atoms with Crippen molar-refractivity contribution in [2.75, 3.05) is 13.2 Å². The lowest BCUT2D eigenvalue weighted by atomic mass is 9.93. The maximum atomic E-state index is 12.8. The standard InChI is InChI=1S/C24H25N3O3/c1-3-29-15-19(17-7-5-4-6-8-17)11-21(28)12-20-10-18-13-26-24(22(18)14-25-20)23-9-16(2)30-27-23/h4-10,14,19H,3,11-13,15H2,1-2H3/t19-/m1/s1. The molecule has 1 aliphatic heterocycles. The van der Waals surface area contributed by atoms with Crippen molar-refractivity contribution in [2.24, 2.45) is 4.99 Å². The van der Waals surface area contributed by atoms with Crippen LogP contribution in [0.25, 0.3) is 0 Å². The largest absolute Gasteiger partial charge is 0.381 e. The number of pyridine rings is 1. The molecule has 1 aliphatic rings. The van der Waals surface area contributed by atoms with Gasteiger partial charge in [-0.15, -0.1) is 0 Å². The second kappa shape index (κ2) is 9.13. The normalized spacial score (nSPS) is 13.7. The summed E-state index contributed by atoms with van der Waals surface area (Å²) < 4.78 is 10.8. The quantitative estimate of drug-likeness (QED) is 0.539. The SMILES string of the molecule is CCOC[C@@H](CC(=O)Cc1cc2c(cn1)C(c1cc(C)on1)=NC2)c1ccccc1. The Morgan fingerprint density at radius 2 is 2.07 bits per heavy atom. The molecule has 0 aliphatic carbocycles. The first kappa shape index (κ1) is 20.2. The first-order chi connectivity index (χ1) is 14.6. The number of nitrogens with zero attached hydrogens (tertiary/aromatic N) is 3. The van der Waals surface area contributed by atoms with Crippen molar-refractivity contribution in [3.05, 3.63) is 82.5 Å². The summed E-state index contributed by atoms with van der Waals surface area (Å²) in [5.74, 6) is 0.956. The molecule has 30 heavy (non-hydrogen) atoms. The van der Waals surface area contributed by atoms with E-state index in [2.05, 4.69) is 27.3 Å². The van der Waals surface area contributed by atoms with Crippen LogP contribution in [0.4, 0.5) is 0 Å². The van der Waals surface area contributed by atoms with Crippen LogP contribution in [0.1, 0.15) is 53.1 Å². The fourth-order valence-electron chi connectivity index (χ4n) is 3.74. The van der Waals surface area contributed by atoms with E-state index < -0.39 is 0 Å². The summed E-state index contributed by atoms with van der Waals surface area (Å²) in [7, 11) is 0. The van der Waals surface area contributed by atoms with Crippen LogP contribution in [0.15, 0.2) is 58.2 Å². The summed E-state index contributed by atoms with van der Waals surface area (Å²) in [5, 5.41) is 4.05. The molecule has 1 atom stereocenters. The number of hydrogen-bond donors (Lipinski definition) is 0. The number of fused-ring (bicyclic) bond motifs is 1. The van der Waals surface area contributed by atoms with E-state index in [4.69, 9.17) is 9.26 Å². The van der Waals surface area contributed by atoms with E-state index in [1.54, 1.807) is 6.20 Å². The molecular formula is C24H25N3O3. The molecule has 1 aromatic carbocycles. The monoisotopic (exact) mass is 403 g/mol. The molecule has 0 fully saturated rings. The number of ketones is 1. The Kier molecular flexibility index (Phi) is 6.14. The first-order valence-electron chi connectivity index (χ1n) is 10.2. The van der Waals surface area contributed by atoms with Gasteiger partial charge in [-0.05, 0) is 31.0 Å². The molecule has 154 valence electrons. The molecule has 0 bridgehead atoms. The van der Waals surface area contributed by atoms with Gasteiger partial charge in [0.25, 0.3) is 0 Å². The van der Waals surface area contributed by atoms with E-state index in [1.165, 1.54) is 0 Å². The van der Waals surface area contributed by atoms with Crippen LogP contribution in [-0.2, 0) is 22.5 Å². The third kappa shape index (κ3) is 4.54. The van der Waals surface area contributed by atoms with E-state index in [1.807, 2.05) is 44.2 Å². The highest BCUT2D eigenvalue weighted by atomic mass is 16.5. The maximum absolute atomic E-state index is 12.8. The lowest BCUT2D eigenvalue weighted by Gasteiger charge is -2.16. The number of hydrogen-bond acceptors (Lipinski definition) is 6. The molecule has 0 radical (unpaired) electrons. The van der Waals surface area contributed by atoms with Gasteiger partial charge >= 0.3 is 0 Å². The van der Waals surface area contributed by atoms with Gasteiger partial charge in [-0.1, -0.05) is 35.5 Å². The summed E-state index contributed by atoms with van der Waals surface area (Å²) in [6.07, 6.45) is 2.53. The molecule has 0 saturated carbocycles. The zero-order valence-corrected chi connectivity index (χ0v) is 17.3. The van der Waals surface area contributed by atoms with Gasteiger partial charge in [0.2, 0.25) is 0 Å². The molecular weight excluding hydrogens is 378 g/mol. The van der Waals surface area contributed by atoms with E-state index in [0.717, 1.165) is 39.6 Å². The van der Waals surface area contributed by atoms with E-state index >= 15 is 0 Å². The Hall–Kier alpha value is -3.12. The van der Waals surface area contributed by atoms with Gasteiger partial charge in [0.15, 0.2) is 0 Å². The zero-order valence-electron chi connectivity index (χ0n) is 17.3. The highest BCUT2D eigenvalue weighted by Crippen LogP contribution is 2.25. The van der Waals surface area contributed by atoms with Crippen LogP contribution < -0.4 is 0 Å². The predicted molar refractivity (Wildman–Crippen MR) is 114 cm³/mol. The molecule has 0 amide bonds. The summed E-state index contributed by atoms with van der Waals surface area (Å²) in [6, 6.07) is 13.9. The van der Waals surface area contributed by atoms with Gasteiger partial charge < -0.3 is 9.26 Å². The minimum Gasteiger partial charge on any atom is -0.381 e. The average molecular weight is 403 g/mol. The zero-order chi connectivity index (χ0) is 20.9. The van der Waals surface area contributed by atoms with Crippen LogP contribution in [-0.4, -0.2) is 34.8 Å². The van der Waals surface area contributed by atoms with Crippen molar-refractivity contribution in [2.45, 2.75) is 39.2 Å². The van der Waals surface area contributed by atoms with Gasteiger partial charge in [-0.2, -0.15) is 0 Å². The fraction of sp³-hybridized carbons (Fsp3) is 0.333. The van der Waals surface area contributed by atoms with Crippen molar-refractivity contribution in [1.82, 2.24) is 10.1 Å². The molecule has 0 spiro atoms. The number of carbonyl (C=O) groups is 1. The van der Waals surface area contributed by atoms with E-state index in [0.29, 0.717) is 32.6 Å². The highest BCUT2D eigenvalue weighted by molar-refractivity contribution is 6.13. The van der Waals surface area contributed by atoms with Crippen molar-refractivity contribution in [3.8, 4) is 0 Å². The number of rotatable bonds is 9. The number of aliphatic imine (C=N–C) groups is 1. The van der Waals surface area contributed by atoms with Crippen LogP contribution in [0, 0.1) is 6.92 Å².